The fourth-order valence-electron chi connectivity index (χ4n) is 5.91. The van der Waals surface area contributed by atoms with Crippen LogP contribution in [0.2, 0.25) is 0 Å². The zero-order chi connectivity index (χ0) is 24.3. The van der Waals surface area contributed by atoms with E-state index in [2.05, 4.69) is 32.3 Å². The van der Waals surface area contributed by atoms with E-state index in [1.807, 2.05) is 47.9 Å². The first-order valence-electron chi connectivity index (χ1n) is 12.4. The molecule has 2 N–H and O–H groups in total. The molecule has 0 unspecified atom stereocenters. The lowest BCUT2D eigenvalue weighted by Gasteiger charge is -2.45. The maximum absolute atomic E-state index is 13.8. The second kappa shape index (κ2) is 8.05. The Morgan fingerprint density at radius 1 is 1.17 bits per heavy atom. The van der Waals surface area contributed by atoms with Crippen LogP contribution in [0.1, 0.15) is 55.4 Å². The molecule has 2 fully saturated rings. The Bertz CT molecular complexity index is 1320. The number of rotatable bonds is 2. The number of aromatic nitrogens is 3. The number of amides is 3. The lowest BCUT2D eigenvalue weighted by Crippen LogP contribution is -2.60. The molecule has 2 saturated heterocycles. The van der Waals surface area contributed by atoms with E-state index in [0.29, 0.717) is 24.1 Å². The quantitative estimate of drug-likeness (QED) is 0.593. The molecule has 0 aliphatic carbocycles. The van der Waals surface area contributed by atoms with Crippen molar-refractivity contribution in [2.24, 2.45) is 0 Å². The summed E-state index contributed by atoms with van der Waals surface area (Å²) in [6, 6.07) is 10.3. The van der Waals surface area contributed by atoms with Gasteiger partial charge < -0.3 is 15.1 Å². The Balaban J connectivity index is 1.22. The van der Waals surface area contributed by atoms with Gasteiger partial charge in [0, 0.05) is 42.3 Å². The third-order valence-electron chi connectivity index (χ3n) is 7.98. The normalized spacial score (nSPS) is 23.4. The zero-order valence-corrected chi connectivity index (χ0v) is 20.4. The fraction of sp³-hybridized carbons (Fsp3) is 0.462. The molecular formula is C26H31N7O2. The van der Waals surface area contributed by atoms with Gasteiger partial charge in [0.25, 0.3) is 5.91 Å². The molecule has 1 aromatic carbocycles. The van der Waals surface area contributed by atoms with Gasteiger partial charge in [-0.15, -0.1) is 0 Å². The van der Waals surface area contributed by atoms with Crippen molar-refractivity contribution in [1.29, 1.82) is 0 Å². The maximum atomic E-state index is 13.8. The van der Waals surface area contributed by atoms with E-state index in [1.165, 1.54) is 6.42 Å². The lowest BCUT2D eigenvalue weighted by atomic mass is 10.0. The number of H-pyrrole nitrogens is 1. The molecule has 182 valence electrons. The van der Waals surface area contributed by atoms with E-state index < -0.39 is 5.54 Å². The van der Waals surface area contributed by atoms with Crippen LogP contribution in [0.4, 0.5) is 10.6 Å². The van der Waals surface area contributed by atoms with E-state index >= 15 is 0 Å². The summed E-state index contributed by atoms with van der Waals surface area (Å²) in [7, 11) is 0. The average Bonchev–Trinajstić information content (AvgIpc) is 3.53. The number of benzene rings is 1. The molecule has 0 bridgehead atoms. The second-order valence-electron chi connectivity index (χ2n) is 10.5. The molecule has 5 heterocycles. The van der Waals surface area contributed by atoms with Crippen molar-refractivity contribution in [1.82, 2.24) is 29.9 Å². The first-order valence-corrected chi connectivity index (χ1v) is 12.4. The molecule has 0 saturated carbocycles. The number of fused-ring (bicyclic) bond motifs is 3. The summed E-state index contributed by atoms with van der Waals surface area (Å²) in [5, 5.41) is 12.3. The van der Waals surface area contributed by atoms with Crippen LogP contribution in [-0.2, 0) is 12.1 Å². The summed E-state index contributed by atoms with van der Waals surface area (Å²) in [5.74, 6) is 0.135. The SMILES string of the molecule is C[C@H]1CN2CCC[C@H]2CN1C(=O)N1Cc2c(NC(=O)c3cc4ccccc4cn3)n[nH]c2C1(C)C. The number of anilines is 1. The molecule has 3 aliphatic rings. The number of pyridine rings is 1. The van der Waals surface area contributed by atoms with Crippen LogP contribution in [0.15, 0.2) is 36.5 Å². The van der Waals surface area contributed by atoms with Gasteiger partial charge in [0.1, 0.15) is 5.69 Å². The van der Waals surface area contributed by atoms with Crippen molar-refractivity contribution in [3.05, 3.63) is 53.5 Å². The number of piperazine rings is 1. The van der Waals surface area contributed by atoms with Crippen LogP contribution in [-0.4, -0.2) is 73.5 Å². The largest absolute Gasteiger partial charge is 0.321 e. The maximum Gasteiger partial charge on any atom is 0.321 e. The van der Waals surface area contributed by atoms with Crippen LogP contribution in [0.5, 0.6) is 0 Å². The number of urea groups is 1. The summed E-state index contributed by atoms with van der Waals surface area (Å²) >= 11 is 0. The highest BCUT2D eigenvalue weighted by atomic mass is 16.2. The molecule has 9 heteroatoms. The first-order chi connectivity index (χ1) is 16.8. The monoisotopic (exact) mass is 473 g/mol. The highest BCUT2D eigenvalue weighted by Crippen LogP contribution is 2.41. The highest BCUT2D eigenvalue weighted by molar-refractivity contribution is 6.04. The third kappa shape index (κ3) is 3.56. The van der Waals surface area contributed by atoms with Crippen LogP contribution in [0, 0.1) is 0 Å². The topological polar surface area (TPSA) is 97.5 Å². The molecule has 2 atom stereocenters. The number of carbonyl (C=O) groups excluding carboxylic acids is 2. The van der Waals surface area contributed by atoms with Gasteiger partial charge >= 0.3 is 6.03 Å². The molecule has 9 nitrogen and oxygen atoms in total. The Kier molecular flexibility index (Phi) is 5.07. The predicted octanol–water partition coefficient (Wildman–Crippen LogP) is 3.55. The van der Waals surface area contributed by atoms with Crippen LogP contribution >= 0.6 is 0 Å². The van der Waals surface area contributed by atoms with E-state index in [-0.39, 0.29) is 18.0 Å². The minimum Gasteiger partial charge on any atom is -0.319 e. The summed E-state index contributed by atoms with van der Waals surface area (Å²) < 4.78 is 0. The minimum absolute atomic E-state index is 0.0483. The summed E-state index contributed by atoms with van der Waals surface area (Å²) in [6.07, 6.45) is 4.07. The van der Waals surface area contributed by atoms with E-state index in [4.69, 9.17) is 0 Å². The molecule has 0 spiro atoms. The molecule has 3 aliphatic heterocycles. The molecule has 2 aromatic heterocycles. The Hall–Kier alpha value is -3.46. The second-order valence-corrected chi connectivity index (χ2v) is 10.5. The van der Waals surface area contributed by atoms with Gasteiger partial charge in [-0.1, -0.05) is 24.3 Å². The number of aromatic amines is 1. The number of nitrogens with one attached hydrogen (secondary N) is 2. The van der Waals surface area contributed by atoms with Gasteiger partial charge in [-0.05, 0) is 51.6 Å². The number of hydrogen-bond donors (Lipinski definition) is 2. The Labute approximate surface area is 204 Å². The van der Waals surface area contributed by atoms with Gasteiger partial charge in [0.15, 0.2) is 5.82 Å². The first kappa shape index (κ1) is 22.0. The smallest absolute Gasteiger partial charge is 0.319 e. The minimum atomic E-state index is -0.559. The Morgan fingerprint density at radius 3 is 2.80 bits per heavy atom. The van der Waals surface area contributed by atoms with Gasteiger partial charge in [-0.2, -0.15) is 5.10 Å². The van der Waals surface area contributed by atoms with Gasteiger partial charge in [-0.25, -0.2) is 4.79 Å². The standard InChI is InChI=1S/C26H31N7O2/c1-16-13-31-10-6-9-19(31)14-32(16)25(35)33-15-20-22(26(33,2)3)29-30-23(20)28-24(34)21-11-17-7-4-5-8-18(17)12-27-21/h4-5,7-8,11-12,16,19H,6,9-10,13-15H2,1-3H3,(H2,28,29,30,34)/t16-,19-/m0/s1. The highest BCUT2D eigenvalue weighted by Gasteiger charge is 2.47. The van der Waals surface area contributed by atoms with E-state index in [9.17, 15) is 9.59 Å². The Morgan fingerprint density at radius 2 is 1.97 bits per heavy atom. The molecule has 0 radical (unpaired) electrons. The van der Waals surface area contributed by atoms with E-state index in [1.54, 1.807) is 12.3 Å². The van der Waals surface area contributed by atoms with Gasteiger partial charge in [0.2, 0.25) is 0 Å². The van der Waals surface area contributed by atoms with Crippen LogP contribution in [0.3, 0.4) is 0 Å². The van der Waals surface area contributed by atoms with Gasteiger partial charge in [-0.3, -0.25) is 19.8 Å². The summed E-state index contributed by atoms with van der Waals surface area (Å²) in [5.41, 5.74) is 1.48. The number of hydrogen-bond acceptors (Lipinski definition) is 5. The molecular weight excluding hydrogens is 442 g/mol. The van der Waals surface area contributed by atoms with Crippen molar-refractivity contribution in [3.8, 4) is 0 Å². The van der Waals surface area contributed by atoms with Gasteiger partial charge in [0.05, 0.1) is 17.8 Å². The van der Waals surface area contributed by atoms with Crippen LogP contribution < -0.4 is 5.32 Å². The van der Waals surface area contributed by atoms with Crippen molar-refractivity contribution < 1.29 is 9.59 Å². The summed E-state index contributed by atoms with van der Waals surface area (Å²) in [4.78, 5) is 37.5. The third-order valence-corrected chi connectivity index (χ3v) is 7.98. The van der Waals surface area contributed by atoms with E-state index in [0.717, 1.165) is 48.1 Å². The molecule has 3 aromatic rings. The molecule has 6 rings (SSSR count). The lowest BCUT2D eigenvalue weighted by molar-refractivity contribution is 0.0454. The number of nitrogens with zero attached hydrogens (tertiary/aromatic N) is 5. The predicted molar refractivity (Wildman–Crippen MR) is 133 cm³/mol. The average molecular weight is 474 g/mol. The van der Waals surface area contributed by atoms with Crippen LogP contribution in [0.25, 0.3) is 10.8 Å². The number of carbonyl (C=O) groups is 2. The van der Waals surface area contributed by atoms with Crippen molar-refractivity contribution in [2.75, 3.05) is 25.0 Å². The van der Waals surface area contributed by atoms with Crippen molar-refractivity contribution in [3.63, 3.8) is 0 Å². The zero-order valence-electron chi connectivity index (χ0n) is 20.4. The fourth-order valence-corrected chi connectivity index (χ4v) is 5.91. The van der Waals surface area contributed by atoms with Crippen molar-refractivity contribution in [2.45, 2.75) is 57.8 Å². The molecule has 3 amide bonds. The summed E-state index contributed by atoms with van der Waals surface area (Å²) in [6.45, 7) is 9.43. The van der Waals surface area contributed by atoms with Crippen molar-refractivity contribution >= 4 is 28.5 Å². The molecule has 35 heavy (non-hydrogen) atoms.